The zero-order valence-corrected chi connectivity index (χ0v) is 22.1. The van der Waals surface area contributed by atoms with E-state index in [2.05, 4.69) is 58.6 Å². The van der Waals surface area contributed by atoms with Crippen molar-refractivity contribution in [3.8, 4) is 0 Å². The third-order valence-corrected chi connectivity index (χ3v) is 6.39. The number of likely N-dealkylation sites (tertiary alicyclic amines) is 1. The number of guanidine groups is 1. The summed E-state index contributed by atoms with van der Waals surface area (Å²) in [6.45, 7) is 8.97. The van der Waals surface area contributed by atoms with E-state index in [-0.39, 0.29) is 35.1 Å². The van der Waals surface area contributed by atoms with Crippen LogP contribution in [0, 0.1) is 5.41 Å². The van der Waals surface area contributed by atoms with Gasteiger partial charge < -0.3 is 10.6 Å². The van der Waals surface area contributed by atoms with Gasteiger partial charge in [-0.3, -0.25) is 9.89 Å². The largest absolute Gasteiger partial charge is 0.356 e. The van der Waals surface area contributed by atoms with Crippen molar-refractivity contribution in [1.29, 1.82) is 0 Å². The Bertz CT molecular complexity index is 758. The van der Waals surface area contributed by atoms with Gasteiger partial charge in [0.2, 0.25) is 0 Å². The maximum Gasteiger partial charge on any atom is 0.191 e. The lowest BCUT2D eigenvalue weighted by Crippen LogP contribution is -2.42. The molecule has 2 N–H and O–H groups in total. The number of sulfone groups is 1. The van der Waals surface area contributed by atoms with E-state index in [1.807, 2.05) is 0 Å². The molecule has 1 aliphatic rings. The van der Waals surface area contributed by atoms with E-state index in [0.717, 1.165) is 12.5 Å². The Balaban J connectivity index is 0.00000450. The van der Waals surface area contributed by atoms with Crippen LogP contribution in [0.5, 0.6) is 0 Å². The number of hydrogen-bond donors (Lipinski definition) is 2. The van der Waals surface area contributed by atoms with Gasteiger partial charge in [-0.05, 0) is 48.9 Å². The second-order valence-corrected chi connectivity index (χ2v) is 11.2. The van der Waals surface area contributed by atoms with Crippen LogP contribution in [-0.4, -0.2) is 58.0 Å². The molecule has 1 aromatic rings. The first-order valence-electron chi connectivity index (χ1n) is 10.6. The van der Waals surface area contributed by atoms with Crippen LogP contribution in [-0.2, 0) is 22.9 Å². The first-order chi connectivity index (χ1) is 13.7. The fourth-order valence-corrected chi connectivity index (χ4v) is 4.34. The molecule has 1 aliphatic heterocycles. The van der Waals surface area contributed by atoms with Gasteiger partial charge in [0, 0.05) is 32.9 Å². The van der Waals surface area contributed by atoms with Gasteiger partial charge in [0.25, 0.3) is 0 Å². The van der Waals surface area contributed by atoms with Crippen LogP contribution in [0.1, 0.15) is 50.7 Å². The van der Waals surface area contributed by atoms with Gasteiger partial charge in [-0.15, -0.1) is 24.0 Å². The highest BCUT2D eigenvalue weighted by atomic mass is 127. The van der Waals surface area contributed by atoms with E-state index in [1.165, 1.54) is 49.7 Å². The highest BCUT2D eigenvalue weighted by molar-refractivity contribution is 14.0. The van der Waals surface area contributed by atoms with Gasteiger partial charge in [0.05, 0.1) is 5.75 Å². The second kappa shape index (κ2) is 12.9. The van der Waals surface area contributed by atoms with Crippen molar-refractivity contribution in [1.82, 2.24) is 15.5 Å². The predicted molar refractivity (Wildman–Crippen MR) is 137 cm³/mol. The molecule has 172 valence electrons. The van der Waals surface area contributed by atoms with Gasteiger partial charge in [-0.2, -0.15) is 0 Å². The molecule has 0 aromatic heterocycles. The molecule has 6 nitrogen and oxygen atoms in total. The number of hydrogen-bond acceptors (Lipinski definition) is 4. The number of halogens is 1. The van der Waals surface area contributed by atoms with Crippen LogP contribution >= 0.6 is 24.0 Å². The van der Waals surface area contributed by atoms with Crippen molar-refractivity contribution < 1.29 is 8.42 Å². The molecule has 0 spiro atoms. The lowest BCUT2D eigenvalue weighted by atomic mass is 9.90. The monoisotopic (exact) mass is 550 g/mol. The summed E-state index contributed by atoms with van der Waals surface area (Å²) in [5.74, 6) is 0.937. The Hall–Kier alpha value is -0.870. The summed E-state index contributed by atoms with van der Waals surface area (Å²) >= 11 is 0. The average molecular weight is 551 g/mol. The van der Waals surface area contributed by atoms with Crippen molar-refractivity contribution in [3.05, 3.63) is 35.4 Å². The minimum absolute atomic E-state index is 0. The second-order valence-electron chi connectivity index (χ2n) is 8.98. The number of aliphatic imine (C=N–C) groups is 1. The molecule has 0 saturated carbocycles. The fraction of sp³-hybridized carbons (Fsp3) is 0.682. The van der Waals surface area contributed by atoms with Crippen molar-refractivity contribution in [2.75, 3.05) is 38.7 Å². The first kappa shape index (κ1) is 27.2. The van der Waals surface area contributed by atoms with Gasteiger partial charge >= 0.3 is 0 Å². The number of rotatable bonds is 9. The van der Waals surface area contributed by atoms with Crippen molar-refractivity contribution in [2.24, 2.45) is 10.4 Å². The lowest BCUT2D eigenvalue weighted by molar-refractivity contribution is 0.221. The van der Waals surface area contributed by atoms with E-state index < -0.39 is 9.84 Å². The maximum atomic E-state index is 11.4. The van der Waals surface area contributed by atoms with Crippen molar-refractivity contribution >= 4 is 39.8 Å². The summed E-state index contributed by atoms with van der Waals surface area (Å²) in [5, 5.41) is 6.66. The van der Waals surface area contributed by atoms with Crippen LogP contribution in [0.15, 0.2) is 29.3 Å². The molecule has 8 heteroatoms. The molecule has 1 heterocycles. The zero-order chi connectivity index (χ0) is 21.3. The molecular formula is C22H39IN4O2S. The molecule has 0 bridgehead atoms. The Labute approximate surface area is 200 Å². The molecular weight excluding hydrogens is 511 g/mol. The minimum Gasteiger partial charge on any atom is -0.356 e. The van der Waals surface area contributed by atoms with E-state index in [0.29, 0.717) is 19.5 Å². The van der Waals surface area contributed by atoms with Crippen molar-refractivity contribution in [2.45, 2.75) is 52.6 Å². The minimum atomic E-state index is -2.94. The third kappa shape index (κ3) is 10.9. The molecule has 30 heavy (non-hydrogen) atoms. The number of benzene rings is 1. The summed E-state index contributed by atoms with van der Waals surface area (Å²) in [6, 6.07) is 8.79. The summed E-state index contributed by atoms with van der Waals surface area (Å²) in [4.78, 5) is 6.82. The normalized spacial score (nSPS) is 16.1. The van der Waals surface area contributed by atoms with Crippen LogP contribution in [0.4, 0.5) is 0 Å². The summed E-state index contributed by atoms with van der Waals surface area (Å²) in [6.07, 6.45) is 5.91. The van der Waals surface area contributed by atoms with E-state index >= 15 is 0 Å². The zero-order valence-electron chi connectivity index (χ0n) is 18.9. The van der Waals surface area contributed by atoms with Crippen LogP contribution in [0.25, 0.3) is 0 Å². The number of nitrogens with one attached hydrogen (secondary N) is 2. The van der Waals surface area contributed by atoms with Gasteiger partial charge in [-0.1, -0.05) is 44.5 Å². The number of nitrogens with zero attached hydrogens (tertiary/aromatic N) is 2. The molecule has 0 unspecified atom stereocenters. The average Bonchev–Trinajstić information content (AvgIpc) is 2.68. The molecule has 2 rings (SSSR count). The van der Waals surface area contributed by atoms with Crippen molar-refractivity contribution in [3.63, 3.8) is 0 Å². The quantitative estimate of drug-likeness (QED) is 0.280. The summed E-state index contributed by atoms with van der Waals surface area (Å²) in [5.41, 5.74) is 2.45. The van der Waals surface area contributed by atoms with Gasteiger partial charge in [0.1, 0.15) is 9.84 Å². The molecule has 1 fully saturated rings. The molecule has 1 saturated heterocycles. The predicted octanol–water partition coefficient (Wildman–Crippen LogP) is 3.42. The molecule has 0 aliphatic carbocycles. The maximum absolute atomic E-state index is 11.4. The standard InChI is InChI=1S/C22H38N4O2S.HI/c1-22(2,12-15-29(4,27)28)18-25-21(23-3)24-16-19-8-10-20(11-9-19)17-26-13-6-5-7-14-26;/h8-11H,5-7,12-18H2,1-4H3,(H2,23,24,25);1H. The van der Waals surface area contributed by atoms with E-state index in [1.54, 1.807) is 7.05 Å². The summed E-state index contributed by atoms with van der Waals surface area (Å²) < 4.78 is 22.8. The Morgan fingerprint density at radius 2 is 1.67 bits per heavy atom. The van der Waals surface area contributed by atoms with Gasteiger partial charge in [0.15, 0.2) is 5.96 Å². The molecule has 1 aromatic carbocycles. The third-order valence-electron chi connectivity index (χ3n) is 5.45. The summed E-state index contributed by atoms with van der Waals surface area (Å²) in [7, 11) is -1.19. The smallest absolute Gasteiger partial charge is 0.191 e. The number of piperidine rings is 1. The van der Waals surface area contributed by atoms with Gasteiger partial charge in [-0.25, -0.2) is 8.42 Å². The van der Waals surface area contributed by atoms with Crippen LogP contribution in [0.3, 0.4) is 0 Å². The Morgan fingerprint density at radius 1 is 1.07 bits per heavy atom. The lowest BCUT2D eigenvalue weighted by Gasteiger charge is -2.26. The topological polar surface area (TPSA) is 73.8 Å². The van der Waals surface area contributed by atoms with Crippen LogP contribution < -0.4 is 10.6 Å². The van der Waals surface area contributed by atoms with E-state index in [4.69, 9.17) is 0 Å². The highest BCUT2D eigenvalue weighted by Crippen LogP contribution is 2.19. The molecule has 0 radical (unpaired) electrons. The Kier molecular flexibility index (Phi) is 11.6. The van der Waals surface area contributed by atoms with Crippen LogP contribution in [0.2, 0.25) is 0 Å². The van der Waals surface area contributed by atoms with E-state index in [9.17, 15) is 8.42 Å². The highest BCUT2D eigenvalue weighted by Gasteiger charge is 2.20. The molecule has 0 amide bonds. The molecule has 0 atom stereocenters. The SMILES string of the molecule is CN=C(NCc1ccc(CN2CCCCC2)cc1)NCC(C)(C)CCS(C)(=O)=O.I. The first-order valence-corrected chi connectivity index (χ1v) is 12.7. The Morgan fingerprint density at radius 3 is 2.23 bits per heavy atom. The fourth-order valence-electron chi connectivity index (χ4n) is 3.42.